The van der Waals surface area contributed by atoms with Gasteiger partial charge in [0.2, 0.25) is 5.91 Å². The number of carbonyl (C=O) groups is 1. The first kappa shape index (κ1) is 13.4. The van der Waals surface area contributed by atoms with E-state index in [1.54, 1.807) is 6.07 Å². The lowest BCUT2D eigenvalue weighted by atomic mass is 10.1. The van der Waals surface area contributed by atoms with E-state index in [0.29, 0.717) is 17.5 Å². The Morgan fingerprint density at radius 2 is 2.33 bits per heavy atom. The SMILES string of the molecule is Cc1ccc(NC(=O)CC2CCCN2C)cc1Cl. The number of halogens is 1. The minimum Gasteiger partial charge on any atom is -0.326 e. The zero-order valence-corrected chi connectivity index (χ0v) is 11.6. The summed E-state index contributed by atoms with van der Waals surface area (Å²) in [5, 5.41) is 3.59. The van der Waals surface area contributed by atoms with Gasteiger partial charge in [-0.3, -0.25) is 4.79 Å². The standard InChI is InChI=1S/C14H19ClN2O/c1-10-5-6-11(8-13(10)15)16-14(18)9-12-4-3-7-17(12)2/h5-6,8,12H,3-4,7,9H2,1-2H3,(H,16,18). The quantitative estimate of drug-likeness (QED) is 0.912. The van der Waals surface area contributed by atoms with Crippen molar-refractivity contribution >= 4 is 23.2 Å². The van der Waals surface area contributed by atoms with Crippen molar-refractivity contribution in [1.82, 2.24) is 4.90 Å². The Hall–Kier alpha value is -1.06. The Morgan fingerprint density at radius 1 is 1.56 bits per heavy atom. The molecule has 1 fully saturated rings. The van der Waals surface area contributed by atoms with Gasteiger partial charge in [0.05, 0.1) is 0 Å². The number of aryl methyl sites for hydroxylation is 1. The molecule has 1 aromatic rings. The summed E-state index contributed by atoms with van der Waals surface area (Å²) in [4.78, 5) is 14.2. The van der Waals surface area contributed by atoms with Gasteiger partial charge in [-0.25, -0.2) is 0 Å². The van der Waals surface area contributed by atoms with Gasteiger partial charge in [-0.05, 0) is 51.1 Å². The van der Waals surface area contributed by atoms with Gasteiger partial charge in [0.25, 0.3) is 0 Å². The Bertz CT molecular complexity index is 447. The number of nitrogens with zero attached hydrogens (tertiary/aromatic N) is 1. The van der Waals surface area contributed by atoms with Crippen LogP contribution in [0.25, 0.3) is 0 Å². The van der Waals surface area contributed by atoms with E-state index in [1.807, 2.05) is 19.1 Å². The van der Waals surface area contributed by atoms with Gasteiger partial charge < -0.3 is 10.2 Å². The second-order valence-electron chi connectivity index (χ2n) is 4.99. The van der Waals surface area contributed by atoms with Crippen LogP contribution in [0.5, 0.6) is 0 Å². The van der Waals surface area contributed by atoms with E-state index in [9.17, 15) is 4.79 Å². The summed E-state index contributed by atoms with van der Waals surface area (Å²) in [5.74, 6) is 0.0636. The topological polar surface area (TPSA) is 32.3 Å². The van der Waals surface area contributed by atoms with E-state index in [0.717, 1.165) is 24.2 Å². The van der Waals surface area contributed by atoms with Crippen molar-refractivity contribution < 1.29 is 4.79 Å². The maximum Gasteiger partial charge on any atom is 0.225 e. The summed E-state index contributed by atoms with van der Waals surface area (Å²) in [6.07, 6.45) is 2.85. The van der Waals surface area contributed by atoms with Crippen LogP contribution in [0, 0.1) is 6.92 Å². The molecule has 0 radical (unpaired) electrons. The molecular weight excluding hydrogens is 248 g/mol. The Labute approximate surface area is 113 Å². The first-order chi connectivity index (χ1) is 8.56. The molecule has 0 spiro atoms. The first-order valence-corrected chi connectivity index (χ1v) is 6.70. The van der Waals surface area contributed by atoms with Gasteiger partial charge in [-0.15, -0.1) is 0 Å². The number of hydrogen-bond donors (Lipinski definition) is 1. The predicted molar refractivity (Wildman–Crippen MR) is 75.1 cm³/mol. The summed E-state index contributed by atoms with van der Waals surface area (Å²) in [5.41, 5.74) is 1.79. The van der Waals surface area contributed by atoms with E-state index in [-0.39, 0.29) is 5.91 Å². The number of nitrogens with one attached hydrogen (secondary N) is 1. The third-order valence-electron chi connectivity index (χ3n) is 3.55. The summed E-state index contributed by atoms with van der Waals surface area (Å²) in [6.45, 7) is 3.04. The average Bonchev–Trinajstić information content (AvgIpc) is 2.70. The molecule has 98 valence electrons. The highest BCUT2D eigenvalue weighted by Gasteiger charge is 2.23. The number of likely N-dealkylation sites (tertiary alicyclic amines) is 1. The van der Waals surface area contributed by atoms with E-state index in [1.165, 1.54) is 6.42 Å². The van der Waals surface area contributed by atoms with Gasteiger partial charge in [0.15, 0.2) is 0 Å². The number of amides is 1. The largest absolute Gasteiger partial charge is 0.326 e. The van der Waals surface area contributed by atoms with Crippen LogP contribution in [0.1, 0.15) is 24.8 Å². The molecule has 0 aliphatic carbocycles. The lowest BCUT2D eigenvalue weighted by molar-refractivity contribution is -0.117. The Kier molecular flexibility index (Phi) is 4.25. The maximum atomic E-state index is 11.9. The van der Waals surface area contributed by atoms with Crippen LogP contribution in [0.2, 0.25) is 5.02 Å². The van der Waals surface area contributed by atoms with Crippen molar-refractivity contribution in [2.24, 2.45) is 0 Å². The van der Waals surface area contributed by atoms with E-state index < -0.39 is 0 Å². The van der Waals surface area contributed by atoms with Crippen LogP contribution in [-0.4, -0.2) is 30.4 Å². The minimum absolute atomic E-state index is 0.0636. The molecule has 1 atom stereocenters. The Morgan fingerprint density at radius 3 is 2.94 bits per heavy atom. The molecule has 1 saturated heterocycles. The Balaban J connectivity index is 1.92. The molecule has 0 saturated carbocycles. The van der Waals surface area contributed by atoms with Crippen LogP contribution in [0.4, 0.5) is 5.69 Å². The normalized spacial score (nSPS) is 20.1. The van der Waals surface area contributed by atoms with Crippen molar-refractivity contribution in [2.45, 2.75) is 32.2 Å². The summed E-state index contributed by atoms with van der Waals surface area (Å²) >= 11 is 6.03. The molecule has 1 aromatic carbocycles. The zero-order valence-electron chi connectivity index (χ0n) is 10.9. The second-order valence-corrected chi connectivity index (χ2v) is 5.40. The van der Waals surface area contributed by atoms with E-state index >= 15 is 0 Å². The van der Waals surface area contributed by atoms with Crippen molar-refractivity contribution in [3.05, 3.63) is 28.8 Å². The predicted octanol–water partition coefficient (Wildman–Crippen LogP) is 3.07. The molecule has 1 aliphatic heterocycles. The molecule has 0 bridgehead atoms. The smallest absolute Gasteiger partial charge is 0.225 e. The van der Waals surface area contributed by atoms with Crippen molar-refractivity contribution in [2.75, 3.05) is 18.9 Å². The van der Waals surface area contributed by atoms with Crippen molar-refractivity contribution in [1.29, 1.82) is 0 Å². The van der Waals surface area contributed by atoms with Crippen molar-refractivity contribution in [3.63, 3.8) is 0 Å². The van der Waals surface area contributed by atoms with Crippen LogP contribution in [0.3, 0.4) is 0 Å². The minimum atomic E-state index is 0.0636. The fourth-order valence-electron chi connectivity index (χ4n) is 2.33. The highest BCUT2D eigenvalue weighted by molar-refractivity contribution is 6.31. The first-order valence-electron chi connectivity index (χ1n) is 6.32. The maximum absolute atomic E-state index is 11.9. The highest BCUT2D eigenvalue weighted by Crippen LogP contribution is 2.21. The average molecular weight is 267 g/mol. The fraction of sp³-hybridized carbons (Fsp3) is 0.500. The molecule has 1 amide bonds. The van der Waals surface area contributed by atoms with Crippen LogP contribution >= 0.6 is 11.6 Å². The monoisotopic (exact) mass is 266 g/mol. The third-order valence-corrected chi connectivity index (χ3v) is 3.96. The van der Waals surface area contributed by atoms with Gasteiger partial charge >= 0.3 is 0 Å². The number of carbonyl (C=O) groups excluding carboxylic acids is 1. The third kappa shape index (κ3) is 3.24. The second kappa shape index (κ2) is 5.72. The zero-order chi connectivity index (χ0) is 13.1. The molecular formula is C14H19ClN2O. The molecule has 4 heteroatoms. The molecule has 0 aromatic heterocycles. The van der Waals surface area contributed by atoms with E-state index in [4.69, 9.17) is 11.6 Å². The number of hydrogen-bond acceptors (Lipinski definition) is 2. The van der Waals surface area contributed by atoms with Crippen LogP contribution in [0.15, 0.2) is 18.2 Å². The van der Waals surface area contributed by atoms with Gasteiger partial charge in [-0.2, -0.15) is 0 Å². The van der Waals surface area contributed by atoms with Crippen LogP contribution < -0.4 is 5.32 Å². The number of rotatable bonds is 3. The molecule has 1 N–H and O–H groups in total. The number of benzene rings is 1. The highest BCUT2D eigenvalue weighted by atomic mass is 35.5. The summed E-state index contributed by atoms with van der Waals surface area (Å²) in [7, 11) is 2.08. The lowest BCUT2D eigenvalue weighted by Gasteiger charge is -2.18. The fourth-order valence-corrected chi connectivity index (χ4v) is 2.51. The molecule has 1 unspecified atom stereocenters. The van der Waals surface area contributed by atoms with Crippen LogP contribution in [-0.2, 0) is 4.79 Å². The molecule has 3 nitrogen and oxygen atoms in total. The molecule has 18 heavy (non-hydrogen) atoms. The van der Waals surface area contributed by atoms with Gasteiger partial charge in [-0.1, -0.05) is 17.7 Å². The lowest BCUT2D eigenvalue weighted by Crippen LogP contribution is -2.29. The molecule has 2 rings (SSSR count). The molecule has 1 aliphatic rings. The van der Waals surface area contributed by atoms with Gasteiger partial charge in [0.1, 0.15) is 0 Å². The van der Waals surface area contributed by atoms with Gasteiger partial charge in [0, 0.05) is 23.2 Å². The summed E-state index contributed by atoms with van der Waals surface area (Å²) < 4.78 is 0. The molecule has 1 heterocycles. The number of anilines is 1. The van der Waals surface area contributed by atoms with Crippen molar-refractivity contribution in [3.8, 4) is 0 Å². The summed E-state index contributed by atoms with van der Waals surface area (Å²) in [6, 6.07) is 5.98. The van der Waals surface area contributed by atoms with E-state index in [2.05, 4.69) is 17.3 Å².